The lowest BCUT2D eigenvalue weighted by Gasteiger charge is -2.30. The fourth-order valence-electron chi connectivity index (χ4n) is 2.46. The van der Waals surface area contributed by atoms with Crippen LogP contribution in [-0.4, -0.2) is 12.1 Å². The van der Waals surface area contributed by atoms with Crippen molar-refractivity contribution in [1.82, 2.24) is 5.32 Å². The number of thiophene rings is 1. The van der Waals surface area contributed by atoms with Crippen molar-refractivity contribution >= 4 is 11.3 Å². The van der Waals surface area contributed by atoms with Crippen LogP contribution in [0.5, 0.6) is 0 Å². The van der Waals surface area contributed by atoms with Gasteiger partial charge in [0.1, 0.15) is 0 Å². The van der Waals surface area contributed by atoms with E-state index in [1.54, 1.807) is 0 Å². The summed E-state index contributed by atoms with van der Waals surface area (Å²) in [5.74, 6) is 0. The van der Waals surface area contributed by atoms with Crippen LogP contribution in [0.3, 0.4) is 0 Å². The average Bonchev–Trinajstić information content (AvgIpc) is 2.82. The maximum atomic E-state index is 5.93. The van der Waals surface area contributed by atoms with Crippen molar-refractivity contribution in [3.8, 4) is 0 Å². The second kappa shape index (κ2) is 5.80. The summed E-state index contributed by atoms with van der Waals surface area (Å²) in [7, 11) is 0. The van der Waals surface area contributed by atoms with Gasteiger partial charge in [-0.1, -0.05) is 13.0 Å². The molecule has 0 bridgehead atoms. The van der Waals surface area contributed by atoms with Gasteiger partial charge in [0.25, 0.3) is 0 Å². The molecule has 0 spiro atoms. The first-order valence-corrected chi connectivity index (χ1v) is 7.22. The predicted molar refractivity (Wildman–Crippen MR) is 70.7 cm³/mol. The lowest BCUT2D eigenvalue weighted by molar-refractivity contribution is 0.314. The van der Waals surface area contributed by atoms with Crippen LogP contribution in [0.1, 0.15) is 49.9 Å². The van der Waals surface area contributed by atoms with E-state index in [-0.39, 0.29) is 0 Å². The van der Waals surface area contributed by atoms with Crippen molar-refractivity contribution in [3.63, 3.8) is 0 Å². The zero-order valence-electron chi connectivity index (χ0n) is 9.99. The third-order valence-corrected chi connectivity index (χ3v) is 4.49. The summed E-state index contributed by atoms with van der Waals surface area (Å²) in [5.41, 5.74) is 5.93. The maximum Gasteiger partial charge on any atom is 0.0414 e. The number of hydrogen-bond acceptors (Lipinski definition) is 3. The van der Waals surface area contributed by atoms with Crippen LogP contribution in [0.25, 0.3) is 0 Å². The quantitative estimate of drug-likeness (QED) is 0.846. The zero-order valence-corrected chi connectivity index (χ0v) is 10.8. The molecule has 3 heteroatoms. The molecule has 0 radical (unpaired) electrons. The van der Waals surface area contributed by atoms with E-state index in [1.165, 1.54) is 37.0 Å². The first-order valence-electron chi connectivity index (χ1n) is 6.34. The van der Waals surface area contributed by atoms with Crippen LogP contribution in [-0.2, 0) is 0 Å². The molecule has 1 heterocycles. The van der Waals surface area contributed by atoms with Gasteiger partial charge in [-0.15, -0.1) is 11.3 Å². The molecule has 1 atom stereocenters. The van der Waals surface area contributed by atoms with E-state index in [1.807, 2.05) is 11.3 Å². The fraction of sp³-hybridized carbons (Fsp3) is 0.692. The molecule has 0 aromatic carbocycles. The van der Waals surface area contributed by atoms with Crippen LogP contribution in [0, 0.1) is 0 Å². The molecule has 1 unspecified atom stereocenters. The molecule has 1 aromatic rings. The Balaban J connectivity index is 1.87. The molecule has 1 fully saturated rings. The summed E-state index contributed by atoms with van der Waals surface area (Å²) in [4.78, 5) is 1.47. The van der Waals surface area contributed by atoms with Crippen molar-refractivity contribution < 1.29 is 0 Å². The molecule has 1 aromatic heterocycles. The molecule has 1 aliphatic carbocycles. The summed E-state index contributed by atoms with van der Waals surface area (Å²) >= 11 is 1.86. The molecule has 1 aliphatic rings. The Morgan fingerprint density at radius 1 is 1.44 bits per heavy atom. The van der Waals surface area contributed by atoms with Gasteiger partial charge in [0.05, 0.1) is 0 Å². The Morgan fingerprint density at radius 3 is 2.75 bits per heavy atom. The fourth-order valence-corrected chi connectivity index (χ4v) is 3.33. The van der Waals surface area contributed by atoms with Crippen LogP contribution < -0.4 is 11.1 Å². The Hall–Kier alpha value is -0.380. The van der Waals surface area contributed by atoms with Crippen LogP contribution in [0.15, 0.2) is 17.5 Å². The lowest BCUT2D eigenvalue weighted by Crippen LogP contribution is -2.38. The Labute approximate surface area is 102 Å². The van der Waals surface area contributed by atoms with E-state index < -0.39 is 0 Å². The lowest BCUT2D eigenvalue weighted by atomic mass is 9.91. The summed E-state index contributed by atoms with van der Waals surface area (Å²) in [6.45, 7) is 2.26. The largest absolute Gasteiger partial charge is 0.328 e. The van der Waals surface area contributed by atoms with E-state index in [2.05, 4.69) is 29.8 Å². The second-order valence-corrected chi connectivity index (χ2v) is 5.73. The monoisotopic (exact) mass is 238 g/mol. The highest BCUT2D eigenvalue weighted by Gasteiger charge is 2.21. The first kappa shape index (κ1) is 12.1. The highest BCUT2D eigenvalue weighted by atomic mass is 32.1. The molecule has 1 saturated carbocycles. The van der Waals surface area contributed by atoms with E-state index >= 15 is 0 Å². The predicted octanol–water partition coefficient (Wildman–Crippen LogP) is 3.06. The van der Waals surface area contributed by atoms with Crippen molar-refractivity contribution in [2.24, 2.45) is 5.73 Å². The third-order valence-electron chi connectivity index (χ3n) is 3.50. The van der Waals surface area contributed by atoms with Gasteiger partial charge in [-0.05, 0) is 43.6 Å². The van der Waals surface area contributed by atoms with Crippen molar-refractivity contribution in [1.29, 1.82) is 0 Å². The number of rotatable bonds is 4. The van der Waals surface area contributed by atoms with Crippen molar-refractivity contribution in [2.75, 3.05) is 0 Å². The molecular formula is C13H22N2S. The summed E-state index contributed by atoms with van der Waals surface area (Å²) < 4.78 is 0. The molecule has 0 saturated heterocycles. The summed E-state index contributed by atoms with van der Waals surface area (Å²) in [5, 5.41) is 5.95. The average molecular weight is 238 g/mol. The van der Waals surface area contributed by atoms with Gasteiger partial charge in [0, 0.05) is 23.0 Å². The van der Waals surface area contributed by atoms with Gasteiger partial charge in [-0.2, -0.15) is 0 Å². The number of nitrogens with two attached hydrogens (primary N) is 1. The second-order valence-electron chi connectivity index (χ2n) is 4.75. The van der Waals surface area contributed by atoms with E-state index in [9.17, 15) is 0 Å². The number of nitrogens with one attached hydrogen (secondary N) is 1. The first-order chi connectivity index (χ1) is 7.79. The van der Waals surface area contributed by atoms with E-state index in [0.29, 0.717) is 18.1 Å². The molecule has 16 heavy (non-hydrogen) atoms. The smallest absolute Gasteiger partial charge is 0.0414 e. The zero-order chi connectivity index (χ0) is 11.4. The summed E-state index contributed by atoms with van der Waals surface area (Å²) in [6.07, 6.45) is 6.01. The van der Waals surface area contributed by atoms with Crippen molar-refractivity contribution in [3.05, 3.63) is 22.4 Å². The number of hydrogen-bond donors (Lipinski definition) is 2. The van der Waals surface area contributed by atoms with E-state index in [4.69, 9.17) is 5.73 Å². The Bertz CT molecular complexity index is 289. The van der Waals surface area contributed by atoms with E-state index in [0.717, 1.165) is 0 Å². The minimum absolute atomic E-state index is 0.444. The standard InChI is InChI=1S/C13H22N2S/c1-2-12(13-4-3-9-16-13)15-11-7-5-10(14)6-8-11/h3-4,9-12,15H,2,5-8,14H2,1H3. The third kappa shape index (κ3) is 3.06. The van der Waals surface area contributed by atoms with Gasteiger partial charge in [-0.25, -0.2) is 0 Å². The normalized spacial score (nSPS) is 27.9. The Morgan fingerprint density at radius 2 is 2.19 bits per heavy atom. The minimum atomic E-state index is 0.444. The van der Waals surface area contributed by atoms with Gasteiger partial charge < -0.3 is 11.1 Å². The SMILES string of the molecule is CCC(NC1CCC(N)CC1)c1cccs1. The van der Waals surface area contributed by atoms with Crippen LogP contribution in [0.2, 0.25) is 0 Å². The highest BCUT2D eigenvalue weighted by Crippen LogP contribution is 2.25. The molecule has 3 N–H and O–H groups in total. The van der Waals surface area contributed by atoms with Crippen LogP contribution in [0.4, 0.5) is 0 Å². The molecule has 0 aliphatic heterocycles. The molecular weight excluding hydrogens is 216 g/mol. The van der Waals surface area contributed by atoms with Crippen molar-refractivity contribution in [2.45, 2.75) is 57.2 Å². The maximum absolute atomic E-state index is 5.93. The Kier molecular flexibility index (Phi) is 4.38. The van der Waals surface area contributed by atoms with Gasteiger partial charge in [-0.3, -0.25) is 0 Å². The van der Waals surface area contributed by atoms with Crippen LogP contribution >= 0.6 is 11.3 Å². The van der Waals surface area contributed by atoms with Gasteiger partial charge in [0.15, 0.2) is 0 Å². The molecule has 2 rings (SSSR count). The summed E-state index contributed by atoms with van der Waals surface area (Å²) in [6, 6.07) is 6.03. The van der Waals surface area contributed by atoms with Gasteiger partial charge >= 0.3 is 0 Å². The molecule has 0 amide bonds. The molecule has 90 valence electrons. The molecule has 2 nitrogen and oxygen atoms in total. The highest BCUT2D eigenvalue weighted by molar-refractivity contribution is 7.10. The van der Waals surface area contributed by atoms with Gasteiger partial charge in [0.2, 0.25) is 0 Å². The topological polar surface area (TPSA) is 38.0 Å². The minimum Gasteiger partial charge on any atom is -0.328 e.